The maximum absolute atomic E-state index is 5.30. The molecule has 0 radical (unpaired) electrons. The van der Waals surface area contributed by atoms with E-state index in [2.05, 4.69) is 17.6 Å². The van der Waals surface area contributed by atoms with Gasteiger partial charge in [-0.3, -0.25) is 0 Å². The molecule has 1 aliphatic carbocycles. The Labute approximate surface area is 118 Å². The third-order valence-electron chi connectivity index (χ3n) is 3.76. The van der Waals surface area contributed by atoms with Gasteiger partial charge in [-0.25, -0.2) is 0 Å². The van der Waals surface area contributed by atoms with Crippen LogP contribution in [0, 0.1) is 0 Å². The summed E-state index contributed by atoms with van der Waals surface area (Å²) in [6, 6.07) is 0.638. The highest BCUT2D eigenvalue weighted by Crippen LogP contribution is 2.17. The average molecular weight is 270 g/mol. The van der Waals surface area contributed by atoms with Crippen molar-refractivity contribution in [1.29, 1.82) is 0 Å². The van der Waals surface area contributed by atoms with Crippen molar-refractivity contribution in [3.63, 3.8) is 0 Å². The molecule has 1 rings (SSSR count). The molecule has 0 heterocycles. The maximum atomic E-state index is 5.30. The maximum Gasteiger partial charge on any atom is 0.166 e. The van der Waals surface area contributed by atoms with E-state index >= 15 is 0 Å². The molecule has 106 valence electrons. The summed E-state index contributed by atoms with van der Waals surface area (Å²) in [6.07, 6.45) is 14.8. The van der Waals surface area contributed by atoms with Crippen molar-refractivity contribution in [2.75, 3.05) is 6.54 Å². The van der Waals surface area contributed by atoms with Crippen molar-refractivity contribution in [1.82, 2.24) is 10.6 Å². The molecule has 1 aliphatic rings. The minimum absolute atomic E-state index is 0.638. The molecule has 0 aromatic carbocycles. The van der Waals surface area contributed by atoms with E-state index in [1.165, 1.54) is 70.6 Å². The molecular formula is C15H30N2S. The first-order valence-corrected chi connectivity index (χ1v) is 8.28. The van der Waals surface area contributed by atoms with E-state index in [1.807, 2.05) is 0 Å². The molecule has 3 heteroatoms. The zero-order valence-electron chi connectivity index (χ0n) is 12.0. The van der Waals surface area contributed by atoms with Crippen LogP contribution in [0.1, 0.15) is 77.6 Å². The Morgan fingerprint density at radius 3 is 2.28 bits per heavy atom. The lowest BCUT2D eigenvalue weighted by Crippen LogP contribution is -2.40. The van der Waals surface area contributed by atoms with Crippen LogP contribution in [0.3, 0.4) is 0 Å². The minimum Gasteiger partial charge on any atom is -0.363 e. The second-order valence-electron chi connectivity index (χ2n) is 5.50. The normalized spacial score (nSPS) is 15.8. The third-order valence-corrected chi connectivity index (χ3v) is 4.02. The van der Waals surface area contributed by atoms with Gasteiger partial charge in [0.25, 0.3) is 0 Å². The van der Waals surface area contributed by atoms with Crippen LogP contribution in [0.25, 0.3) is 0 Å². The van der Waals surface area contributed by atoms with Crippen LogP contribution >= 0.6 is 12.2 Å². The first-order chi connectivity index (χ1) is 8.83. The first kappa shape index (κ1) is 15.7. The Kier molecular flexibility index (Phi) is 9.27. The van der Waals surface area contributed by atoms with Gasteiger partial charge in [-0.15, -0.1) is 0 Å². The fraction of sp³-hybridized carbons (Fsp3) is 0.933. The van der Waals surface area contributed by atoms with E-state index in [-0.39, 0.29) is 0 Å². The van der Waals surface area contributed by atoms with Gasteiger partial charge in [-0.05, 0) is 31.5 Å². The molecule has 2 nitrogen and oxygen atoms in total. The molecule has 2 N–H and O–H groups in total. The summed E-state index contributed by atoms with van der Waals surface area (Å²) in [5.74, 6) is 0. The lowest BCUT2D eigenvalue weighted by atomic mass is 10.1. The van der Waals surface area contributed by atoms with E-state index in [1.54, 1.807) is 0 Å². The molecule has 1 fully saturated rings. The summed E-state index contributed by atoms with van der Waals surface area (Å²) in [4.78, 5) is 0. The van der Waals surface area contributed by atoms with Crippen LogP contribution < -0.4 is 10.6 Å². The van der Waals surface area contributed by atoms with Crippen molar-refractivity contribution in [2.45, 2.75) is 83.6 Å². The van der Waals surface area contributed by atoms with Gasteiger partial charge in [0.1, 0.15) is 0 Å². The van der Waals surface area contributed by atoms with Crippen molar-refractivity contribution < 1.29 is 0 Å². The summed E-state index contributed by atoms with van der Waals surface area (Å²) in [7, 11) is 0. The average Bonchev–Trinajstić information content (AvgIpc) is 2.85. The van der Waals surface area contributed by atoms with Crippen LogP contribution in [0.4, 0.5) is 0 Å². The van der Waals surface area contributed by atoms with Crippen molar-refractivity contribution in [2.24, 2.45) is 0 Å². The highest BCUT2D eigenvalue weighted by molar-refractivity contribution is 7.80. The first-order valence-electron chi connectivity index (χ1n) is 7.87. The summed E-state index contributed by atoms with van der Waals surface area (Å²) in [6.45, 7) is 3.30. The Bertz CT molecular complexity index is 213. The summed E-state index contributed by atoms with van der Waals surface area (Å²) >= 11 is 5.30. The molecule has 0 amide bonds. The Hall–Kier alpha value is -0.310. The van der Waals surface area contributed by atoms with E-state index < -0.39 is 0 Å². The van der Waals surface area contributed by atoms with Gasteiger partial charge in [0.05, 0.1) is 0 Å². The summed E-state index contributed by atoms with van der Waals surface area (Å²) in [5, 5.41) is 7.62. The Morgan fingerprint density at radius 1 is 1.00 bits per heavy atom. The monoisotopic (exact) mass is 270 g/mol. The predicted molar refractivity (Wildman–Crippen MR) is 84.0 cm³/mol. The fourth-order valence-electron chi connectivity index (χ4n) is 2.59. The van der Waals surface area contributed by atoms with Crippen LogP contribution in [-0.2, 0) is 0 Å². The zero-order chi connectivity index (χ0) is 13.1. The van der Waals surface area contributed by atoms with Gasteiger partial charge in [0.15, 0.2) is 5.11 Å². The molecule has 0 bridgehead atoms. The second kappa shape index (κ2) is 10.6. The smallest absolute Gasteiger partial charge is 0.166 e. The van der Waals surface area contributed by atoms with Crippen LogP contribution in [-0.4, -0.2) is 17.7 Å². The van der Waals surface area contributed by atoms with Gasteiger partial charge >= 0.3 is 0 Å². The van der Waals surface area contributed by atoms with Crippen molar-refractivity contribution >= 4 is 17.3 Å². The number of rotatable bonds is 9. The molecule has 0 aliphatic heterocycles. The second-order valence-corrected chi connectivity index (χ2v) is 5.91. The van der Waals surface area contributed by atoms with E-state index in [0.29, 0.717) is 6.04 Å². The van der Waals surface area contributed by atoms with E-state index in [0.717, 1.165) is 11.7 Å². The Balaban J connectivity index is 1.83. The molecule has 0 aromatic heterocycles. The predicted octanol–water partition coefficient (Wildman–Crippen LogP) is 4.14. The summed E-state index contributed by atoms with van der Waals surface area (Å²) < 4.78 is 0. The largest absolute Gasteiger partial charge is 0.363 e. The quantitative estimate of drug-likeness (QED) is 0.486. The van der Waals surface area contributed by atoms with Crippen LogP contribution in [0.15, 0.2) is 0 Å². The van der Waals surface area contributed by atoms with Gasteiger partial charge in [-0.2, -0.15) is 0 Å². The van der Waals surface area contributed by atoms with Gasteiger partial charge in [0, 0.05) is 12.6 Å². The van der Waals surface area contributed by atoms with Crippen molar-refractivity contribution in [3.8, 4) is 0 Å². The van der Waals surface area contributed by atoms with Gasteiger partial charge in [-0.1, -0.05) is 58.3 Å². The number of nitrogens with one attached hydrogen (secondary N) is 2. The number of hydrogen-bond donors (Lipinski definition) is 2. The zero-order valence-corrected chi connectivity index (χ0v) is 12.8. The Morgan fingerprint density at radius 2 is 1.61 bits per heavy atom. The highest BCUT2D eigenvalue weighted by atomic mass is 32.1. The molecule has 0 spiro atoms. The standard InChI is InChI=1S/C15H30N2S/c1-2-3-4-5-6-7-10-13-16-15(18)17-14-11-8-9-12-14/h14H,2-13H2,1H3,(H2,16,17,18). The third kappa shape index (κ3) is 7.91. The number of thiocarbonyl (C=S) groups is 1. The molecule has 0 aromatic rings. The lowest BCUT2D eigenvalue weighted by Gasteiger charge is -2.15. The molecule has 18 heavy (non-hydrogen) atoms. The SMILES string of the molecule is CCCCCCCCCNC(=S)NC1CCCC1. The topological polar surface area (TPSA) is 24.1 Å². The molecule has 0 atom stereocenters. The van der Waals surface area contributed by atoms with Gasteiger partial charge in [0.2, 0.25) is 0 Å². The van der Waals surface area contributed by atoms with E-state index in [4.69, 9.17) is 12.2 Å². The van der Waals surface area contributed by atoms with Gasteiger partial charge < -0.3 is 10.6 Å². The van der Waals surface area contributed by atoms with Crippen LogP contribution in [0.5, 0.6) is 0 Å². The summed E-state index contributed by atoms with van der Waals surface area (Å²) in [5.41, 5.74) is 0. The molecule has 1 saturated carbocycles. The lowest BCUT2D eigenvalue weighted by molar-refractivity contribution is 0.579. The van der Waals surface area contributed by atoms with Crippen LogP contribution in [0.2, 0.25) is 0 Å². The van der Waals surface area contributed by atoms with Crippen molar-refractivity contribution in [3.05, 3.63) is 0 Å². The molecular weight excluding hydrogens is 240 g/mol. The van der Waals surface area contributed by atoms with E-state index in [9.17, 15) is 0 Å². The minimum atomic E-state index is 0.638. The number of unbranched alkanes of at least 4 members (excludes halogenated alkanes) is 6. The fourth-order valence-corrected chi connectivity index (χ4v) is 2.86. The number of hydrogen-bond acceptors (Lipinski definition) is 1. The molecule has 0 unspecified atom stereocenters. The highest BCUT2D eigenvalue weighted by Gasteiger charge is 2.14. The molecule has 0 saturated heterocycles.